The molecular weight excluding hydrogens is 290 g/mol. The third-order valence-electron chi connectivity index (χ3n) is 2.19. The number of imide groups is 1. The number of carbonyl (C=O) groups excluding carboxylic acids is 2. The van der Waals surface area contributed by atoms with Crippen LogP contribution in [-0.2, 0) is 4.79 Å². The van der Waals surface area contributed by atoms with Crippen molar-refractivity contribution in [3.63, 3.8) is 0 Å². The van der Waals surface area contributed by atoms with E-state index in [-0.39, 0.29) is 5.88 Å². The molecule has 1 aromatic heterocycles. The first-order valence-corrected chi connectivity index (χ1v) is 6.59. The average molecular weight is 300 g/mol. The molecule has 0 aliphatic rings. The number of ether oxygens (including phenoxy) is 1. The predicted molar refractivity (Wildman–Crippen MR) is 74.1 cm³/mol. The first-order valence-electron chi connectivity index (χ1n) is 5.23. The Kier molecular flexibility index (Phi) is 4.18. The normalized spacial score (nSPS) is 10.2. The Morgan fingerprint density at radius 3 is 2.95 bits per heavy atom. The highest BCUT2D eigenvalue weighted by atomic mass is 35.5. The number of halogens is 1. The van der Waals surface area contributed by atoms with E-state index >= 15 is 0 Å². The van der Waals surface area contributed by atoms with Crippen molar-refractivity contribution < 1.29 is 14.3 Å². The fourth-order valence-electron chi connectivity index (χ4n) is 1.37. The molecule has 2 N–H and O–H groups in total. The molecule has 1 aromatic carbocycles. The Labute approximate surface area is 117 Å². The second-order valence-corrected chi connectivity index (χ2v) is 4.79. The second kappa shape index (κ2) is 5.85. The number of anilines is 1. The van der Waals surface area contributed by atoms with Gasteiger partial charge in [-0.05, 0) is 18.2 Å². The van der Waals surface area contributed by atoms with Crippen LogP contribution in [0.5, 0.6) is 5.75 Å². The number of fused-ring (bicyclic) bond motifs is 1. The molecule has 100 valence electrons. The van der Waals surface area contributed by atoms with Gasteiger partial charge in [-0.25, -0.2) is 9.78 Å². The summed E-state index contributed by atoms with van der Waals surface area (Å²) < 4.78 is 5.97. The first-order chi connectivity index (χ1) is 9.12. The van der Waals surface area contributed by atoms with Crippen LogP contribution in [0.3, 0.4) is 0 Å². The quantitative estimate of drug-likeness (QED) is 0.851. The lowest BCUT2D eigenvalue weighted by Gasteiger charge is -2.00. The van der Waals surface area contributed by atoms with Gasteiger partial charge in [0, 0.05) is 0 Å². The van der Waals surface area contributed by atoms with Gasteiger partial charge in [-0.2, -0.15) is 0 Å². The summed E-state index contributed by atoms with van der Waals surface area (Å²) in [5.74, 6) is -0.129. The summed E-state index contributed by atoms with van der Waals surface area (Å²) in [5.41, 5.74) is 0.741. The van der Waals surface area contributed by atoms with Crippen molar-refractivity contribution >= 4 is 50.2 Å². The second-order valence-electron chi connectivity index (χ2n) is 3.49. The average Bonchev–Trinajstić information content (AvgIpc) is 2.78. The molecule has 0 spiro atoms. The van der Waals surface area contributed by atoms with Gasteiger partial charge in [0.05, 0.1) is 17.3 Å². The number of thiazole rings is 1. The molecule has 3 amide bonds. The molecule has 0 aliphatic heterocycles. The Morgan fingerprint density at radius 1 is 1.47 bits per heavy atom. The summed E-state index contributed by atoms with van der Waals surface area (Å²) in [5, 5.41) is 4.93. The molecule has 0 atom stereocenters. The molecule has 8 heteroatoms. The minimum Gasteiger partial charge on any atom is -0.497 e. The minimum atomic E-state index is -0.656. The third-order valence-corrected chi connectivity index (χ3v) is 3.37. The fourth-order valence-corrected chi connectivity index (χ4v) is 2.33. The maximum atomic E-state index is 11.4. The molecule has 6 nitrogen and oxygen atoms in total. The van der Waals surface area contributed by atoms with Crippen molar-refractivity contribution in [2.75, 3.05) is 18.3 Å². The molecule has 19 heavy (non-hydrogen) atoms. The highest BCUT2D eigenvalue weighted by Crippen LogP contribution is 2.28. The van der Waals surface area contributed by atoms with Crippen molar-refractivity contribution in [2.45, 2.75) is 0 Å². The lowest BCUT2D eigenvalue weighted by atomic mass is 10.3. The summed E-state index contributed by atoms with van der Waals surface area (Å²) in [6.07, 6.45) is 0. The highest BCUT2D eigenvalue weighted by Gasteiger charge is 2.10. The van der Waals surface area contributed by atoms with Crippen LogP contribution in [0.2, 0.25) is 0 Å². The van der Waals surface area contributed by atoms with E-state index < -0.39 is 11.9 Å². The molecule has 2 aromatic rings. The van der Waals surface area contributed by atoms with Crippen LogP contribution in [0.15, 0.2) is 18.2 Å². The minimum absolute atomic E-state index is 0.273. The molecular formula is C11H10ClN3O3S. The van der Waals surface area contributed by atoms with Gasteiger partial charge < -0.3 is 4.74 Å². The van der Waals surface area contributed by atoms with Crippen LogP contribution < -0.4 is 15.4 Å². The number of alkyl halides is 1. The lowest BCUT2D eigenvalue weighted by Crippen LogP contribution is -2.35. The number of amides is 3. The zero-order valence-electron chi connectivity index (χ0n) is 9.90. The third kappa shape index (κ3) is 3.33. The zero-order chi connectivity index (χ0) is 13.8. The van der Waals surface area contributed by atoms with Crippen LogP contribution in [0, 0.1) is 0 Å². The molecule has 0 aliphatic carbocycles. The van der Waals surface area contributed by atoms with E-state index in [9.17, 15) is 9.59 Å². The zero-order valence-corrected chi connectivity index (χ0v) is 11.5. The fraction of sp³-hybridized carbons (Fsp3) is 0.182. The smallest absolute Gasteiger partial charge is 0.327 e. The Hall–Kier alpha value is -1.86. The van der Waals surface area contributed by atoms with Gasteiger partial charge in [-0.15, -0.1) is 11.6 Å². The number of carbonyl (C=O) groups is 2. The van der Waals surface area contributed by atoms with Crippen molar-refractivity contribution in [2.24, 2.45) is 0 Å². The monoisotopic (exact) mass is 299 g/mol. The summed E-state index contributed by atoms with van der Waals surface area (Å²) >= 11 is 6.56. The lowest BCUT2D eigenvalue weighted by molar-refractivity contribution is -0.117. The number of rotatable bonds is 3. The van der Waals surface area contributed by atoms with Crippen LogP contribution in [-0.4, -0.2) is 29.9 Å². The van der Waals surface area contributed by atoms with Gasteiger partial charge in [-0.3, -0.25) is 15.4 Å². The van der Waals surface area contributed by atoms with Crippen molar-refractivity contribution in [3.8, 4) is 5.75 Å². The number of hydrogen-bond acceptors (Lipinski definition) is 5. The Balaban J connectivity index is 2.13. The molecule has 0 unspecified atom stereocenters. The first kappa shape index (κ1) is 13.6. The van der Waals surface area contributed by atoms with E-state index in [0.29, 0.717) is 10.9 Å². The van der Waals surface area contributed by atoms with Crippen molar-refractivity contribution in [1.29, 1.82) is 0 Å². The number of hydrogen-bond donors (Lipinski definition) is 2. The predicted octanol–water partition coefficient (Wildman–Crippen LogP) is 2.19. The SMILES string of the molecule is COc1ccc2nc(NC(=O)NC(=O)CCl)sc2c1. The molecule has 0 saturated carbocycles. The topological polar surface area (TPSA) is 80.3 Å². The molecule has 0 saturated heterocycles. The Bertz CT molecular complexity index is 629. The van der Waals surface area contributed by atoms with Crippen LogP contribution in [0.4, 0.5) is 9.93 Å². The largest absolute Gasteiger partial charge is 0.497 e. The van der Waals surface area contributed by atoms with E-state index in [1.807, 2.05) is 6.07 Å². The van der Waals surface area contributed by atoms with Gasteiger partial charge in [-0.1, -0.05) is 11.3 Å². The van der Waals surface area contributed by atoms with E-state index in [1.165, 1.54) is 11.3 Å². The van der Waals surface area contributed by atoms with Crippen LogP contribution in [0.1, 0.15) is 0 Å². The van der Waals surface area contributed by atoms with Gasteiger partial charge in [0.25, 0.3) is 0 Å². The van der Waals surface area contributed by atoms with Gasteiger partial charge in [0.1, 0.15) is 11.6 Å². The molecule has 0 fully saturated rings. The maximum absolute atomic E-state index is 11.4. The van der Waals surface area contributed by atoms with Crippen molar-refractivity contribution in [3.05, 3.63) is 18.2 Å². The molecule has 1 heterocycles. The highest BCUT2D eigenvalue weighted by molar-refractivity contribution is 7.22. The number of nitrogens with one attached hydrogen (secondary N) is 2. The maximum Gasteiger partial charge on any atom is 0.327 e. The summed E-state index contributed by atoms with van der Waals surface area (Å²) in [6.45, 7) is 0. The number of urea groups is 1. The number of benzene rings is 1. The van der Waals surface area contributed by atoms with E-state index in [4.69, 9.17) is 16.3 Å². The standard InChI is InChI=1S/C11H10ClN3O3S/c1-18-6-2-3-7-8(4-6)19-11(13-7)15-10(17)14-9(16)5-12/h2-4H,5H2,1H3,(H2,13,14,15,16,17). The number of methoxy groups -OCH3 is 1. The van der Waals surface area contributed by atoms with Gasteiger partial charge in [0.15, 0.2) is 5.13 Å². The summed E-state index contributed by atoms with van der Waals surface area (Å²) in [4.78, 5) is 26.6. The molecule has 2 rings (SSSR count). The van der Waals surface area contributed by atoms with Crippen molar-refractivity contribution in [1.82, 2.24) is 10.3 Å². The van der Waals surface area contributed by atoms with E-state index in [0.717, 1.165) is 10.2 Å². The van der Waals surface area contributed by atoms with Crippen LogP contribution >= 0.6 is 22.9 Å². The molecule has 0 bridgehead atoms. The van der Waals surface area contributed by atoms with Crippen LogP contribution in [0.25, 0.3) is 10.2 Å². The van der Waals surface area contributed by atoms with E-state index in [2.05, 4.69) is 15.6 Å². The van der Waals surface area contributed by atoms with E-state index in [1.54, 1.807) is 19.2 Å². The molecule has 0 radical (unpaired) electrons. The summed E-state index contributed by atoms with van der Waals surface area (Å²) in [7, 11) is 1.58. The summed E-state index contributed by atoms with van der Waals surface area (Å²) in [6, 6.07) is 4.73. The van der Waals surface area contributed by atoms with Gasteiger partial charge >= 0.3 is 6.03 Å². The Morgan fingerprint density at radius 2 is 2.26 bits per heavy atom. The van der Waals surface area contributed by atoms with Gasteiger partial charge in [0.2, 0.25) is 5.91 Å². The number of aromatic nitrogens is 1. The number of nitrogens with zero attached hydrogens (tertiary/aromatic N) is 1.